The van der Waals surface area contributed by atoms with Gasteiger partial charge in [0.05, 0.1) is 10.5 Å². The van der Waals surface area contributed by atoms with Gasteiger partial charge in [-0.3, -0.25) is 0 Å². The Balaban J connectivity index is 2.00. The molecule has 1 fully saturated rings. The van der Waals surface area contributed by atoms with Crippen LogP contribution in [-0.4, -0.2) is 39.8 Å². The molecule has 6 nitrogen and oxygen atoms in total. The van der Waals surface area contributed by atoms with Gasteiger partial charge in [-0.05, 0) is 48.9 Å². The number of benzene rings is 1. The molecule has 0 unspecified atom stereocenters. The first-order valence-electron chi connectivity index (χ1n) is 6.71. The zero-order chi connectivity index (χ0) is 15.5. The van der Waals surface area contributed by atoms with Crippen LogP contribution in [0, 0.1) is 5.41 Å². The van der Waals surface area contributed by atoms with Gasteiger partial charge in [0, 0.05) is 20.3 Å². The molecule has 0 heterocycles. The maximum absolute atomic E-state index is 12.2. The van der Waals surface area contributed by atoms with Gasteiger partial charge in [0.15, 0.2) is 0 Å². The van der Waals surface area contributed by atoms with Crippen molar-refractivity contribution < 1.29 is 23.1 Å². The molecule has 2 N–H and O–H groups in total. The van der Waals surface area contributed by atoms with Crippen molar-refractivity contribution >= 4 is 16.0 Å². The van der Waals surface area contributed by atoms with E-state index in [0.29, 0.717) is 13.2 Å². The minimum Gasteiger partial charge on any atom is -0.478 e. The Kier molecular flexibility index (Phi) is 4.65. The average molecular weight is 313 g/mol. The molecule has 0 amide bonds. The van der Waals surface area contributed by atoms with E-state index in [0.717, 1.165) is 19.3 Å². The van der Waals surface area contributed by atoms with Gasteiger partial charge in [-0.15, -0.1) is 0 Å². The highest BCUT2D eigenvalue weighted by Crippen LogP contribution is 2.48. The van der Waals surface area contributed by atoms with Crippen molar-refractivity contribution in [1.82, 2.24) is 4.72 Å². The highest BCUT2D eigenvalue weighted by molar-refractivity contribution is 7.89. The Morgan fingerprint density at radius 3 is 2.43 bits per heavy atom. The van der Waals surface area contributed by atoms with Crippen molar-refractivity contribution in [2.24, 2.45) is 5.41 Å². The van der Waals surface area contributed by atoms with Gasteiger partial charge >= 0.3 is 5.97 Å². The van der Waals surface area contributed by atoms with Crippen LogP contribution in [0.25, 0.3) is 0 Å². The van der Waals surface area contributed by atoms with E-state index < -0.39 is 16.0 Å². The second-order valence-electron chi connectivity index (χ2n) is 5.40. The second-order valence-corrected chi connectivity index (χ2v) is 7.16. The highest BCUT2D eigenvalue weighted by atomic mass is 32.2. The molecule has 7 heteroatoms. The maximum atomic E-state index is 12.2. The molecule has 1 aliphatic carbocycles. The smallest absolute Gasteiger partial charge is 0.335 e. The van der Waals surface area contributed by atoms with E-state index in [2.05, 4.69) is 4.72 Å². The molecule has 0 aliphatic heterocycles. The van der Waals surface area contributed by atoms with Gasteiger partial charge in [0.1, 0.15) is 0 Å². The first-order chi connectivity index (χ1) is 9.88. The Hall–Kier alpha value is -1.44. The van der Waals surface area contributed by atoms with Gasteiger partial charge in [-0.25, -0.2) is 17.9 Å². The van der Waals surface area contributed by atoms with E-state index in [1.54, 1.807) is 7.11 Å². The Morgan fingerprint density at radius 2 is 1.95 bits per heavy atom. The van der Waals surface area contributed by atoms with Crippen molar-refractivity contribution in [2.45, 2.75) is 24.2 Å². The Bertz CT molecular complexity index is 605. The molecule has 1 saturated carbocycles. The molecular weight excluding hydrogens is 294 g/mol. The molecule has 1 aliphatic rings. The lowest BCUT2D eigenvalue weighted by Gasteiger charge is -2.15. The summed E-state index contributed by atoms with van der Waals surface area (Å²) in [6.45, 7) is 1.01. The molecule has 0 radical (unpaired) electrons. The molecule has 0 aromatic heterocycles. The Morgan fingerprint density at radius 1 is 1.33 bits per heavy atom. The standard InChI is InChI=1S/C14H19NO5S/c1-20-9-8-14(6-7-14)10-15-21(18,19)12-4-2-11(3-5-12)13(16)17/h2-5,15H,6-10H2,1H3,(H,16,17). The predicted octanol–water partition coefficient (Wildman–Crippen LogP) is 1.48. The van der Waals surface area contributed by atoms with Crippen LogP contribution in [-0.2, 0) is 14.8 Å². The van der Waals surface area contributed by atoms with Crippen molar-refractivity contribution in [2.75, 3.05) is 20.3 Å². The summed E-state index contributed by atoms with van der Waals surface area (Å²) in [5, 5.41) is 8.80. The van der Waals surface area contributed by atoms with Crippen LogP contribution >= 0.6 is 0 Å². The van der Waals surface area contributed by atoms with E-state index in [9.17, 15) is 13.2 Å². The average Bonchev–Trinajstić information content (AvgIpc) is 3.24. The van der Waals surface area contributed by atoms with Gasteiger partial charge in [-0.1, -0.05) is 0 Å². The van der Waals surface area contributed by atoms with Crippen LogP contribution in [0.2, 0.25) is 0 Å². The summed E-state index contributed by atoms with van der Waals surface area (Å²) >= 11 is 0. The van der Waals surface area contributed by atoms with Crippen molar-refractivity contribution in [3.8, 4) is 0 Å². The highest BCUT2D eigenvalue weighted by Gasteiger charge is 2.42. The number of methoxy groups -OCH3 is 1. The van der Waals surface area contributed by atoms with Crippen LogP contribution in [0.5, 0.6) is 0 Å². The van der Waals surface area contributed by atoms with Crippen LogP contribution in [0.4, 0.5) is 0 Å². The fraction of sp³-hybridized carbons (Fsp3) is 0.500. The van der Waals surface area contributed by atoms with E-state index in [-0.39, 0.29) is 15.9 Å². The topological polar surface area (TPSA) is 92.7 Å². The van der Waals surface area contributed by atoms with Gasteiger partial charge in [0.25, 0.3) is 0 Å². The molecule has 116 valence electrons. The molecule has 0 spiro atoms. The zero-order valence-corrected chi connectivity index (χ0v) is 12.6. The van der Waals surface area contributed by atoms with Crippen LogP contribution in [0.3, 0.4) is 0 Å². The molecule has 21 heavy (non-hydrogen) atoms. The number of sulfonamides is 1. The van der Waals surface area contributed by atoms with Crippen molar-refractivity contribution in [3.63, 3.8) is 0 Å². The largest absolute Gasteiger partial charge is 0.478 e. The van der Waals surface area contributed by atoms with Crippen molar-refractivity contribution in [3.05, 3.63) is 29.8 Å². The predicted molar refractivity (Wildman–Crippen MR) is 76.7 cm³/mol. The van der Waals surface area contributed by atoms with Crippen LogP contribution < -0.4 is 4.72 Å². The van der Waals surface area contributed by atoms with E-state index in [4.69, 9.17) is 9.84 Å². The second kappa shape index (κ2) is 6.13. The first-order valence-corrected chi connectivity index (χ1v) is 8.19. The number of hydrogen-bond donors (Lipinski definition) is 2. The molecular formula is C14H19NO5S. The van der Waals surface area contributed by atoms with E-state index >= 15 is 0 Å². The van der Waals surface area contributed by atoms with Crippen molar-refractivity contribution in [1.29, 1.82) is 0 Å². The minimum absolute atomic E-state index is 0.0179. The minimum atomic E-state index is -3.60. The summed E-state index contributed by atoms with van der Waals surface area (Å²) in [4.78, 5) is 10.8. The lowest BCUT2D eigenvalue weighted by molar-refractivity contribution is 0.0696. The van der Waals surface area contributed by atoms with Crippen LogP contribution in [0.1, 0.15) is 29.6 Å². The Labute approximate surface area is 124 Å². The van der Waals surface area contributed by atoms with Crippen LogP contribution in [0.15, 0.2) is 29.2 Å². The summed E-state index contributed by atoms with van der Waals surface area (Å²) < 4.78 is 32.0. The normalized spacial score (nSPS) is 16.6. The number of carboxylic acids is 1. The molecule has 2 rings (SSSR count). The monoisotopic (exact) mass is 313 g/mol. The molecule has 0 atom stereocenters. The summed E-state index contributed by atoms with van der Waals surface area (Å²) in [5.74, 6) is -1.08. The number of hydrogen-bond acceptors (Lipinski definition) is 4. The third kappa shape index (κ3) is 4.03. The number of carbonyl (C=O) groups is 1. The fourth-order valence-corrected chi connectivity index (χ4v) is 3.28. The lowest BCUT2D eigenvalue weighted by atomic mass is 10.0. The summed E-state index contributed by atoms with van der Waals surface area (Å²) in [5.41, 5.74) is 0.0806. The lowest BCUT2D eigenvalue weighted by Crippen LogP contribution is -2.31. The number of ether oxygens (including phenoxy) is 1. The van der Waals surface area contributed by atoms with E-state index in [1.165, 1.54) is 24.3 Å². The quantitative estimate of drug-likeness (QED) is 0.758. The molecule has 0 bridgehead atoms. The SMILES string of the molecule is COCCC1(CNS(=O)(=O)c2ccc(C(=O)O)cc2)CC1. The summed E-state index contributed by atoms with van der Waals surface area (Å²) in [6.07, 6.45) is 2.83. The van der Waals surface area contributed by atoms with E-state index in [1.807, 2.05) is 0 Å². The fourth-order valence-electron chi connectivity index (χ4n) is 2.12. The molecule has 1 aromatic rings. The first kappa shape index (κ1) is 15.9. The number of nitrogens with one attached hydrogen (secondary N) is 1. The van der Waals surface area contributed by atoms with Gasteiger partial charge in [-0.2, -0.15) is 0 Å². The summed E-state index contributed by atoms with van der Waals surface area (Å²) in [6, 6.07) is 5.18. The van der Waals surface area contributed by atoms with Gasteiger partial charge < -0.3 is 9.84 Å². The third-order valence-electron chi connectivity index (χ3n) is 3.84. The number of rotatable bonds is 8. The molecule has 0 saturated heterocycles. The number of carboxylic acid groups (broad SMARTS) is 1. The van der Waals surface area contributed by atoms with Gasteiger partial charge in [0.2, 0.25) is 10.0 Å². The zero-order valence-electron chi connectivity index (χ0n) is 11.8. The maximum Gasteiger partial charge on any atom is 0.335 e. The number of aromatic carboxylic acids is 1. The third-order valence-corrected chi connectivity index (χ3v) is 5.26. The molecule has 1 aromatic carbocycles. The summed E-state index contributed by atoms with van der Waals surface area (Å²) in [7, 11) is -1.98.